The molecule has 1 aromatic rings. The summed E-state index contributed by atoms with van der Waals surface area (Å²) in [5.74, 6) is 0.151. The van der Waals surface area contributed by atoms with Crippen molar-refractivity contribution in [3.8, 4) is 0 Å². The van der Waals surface area contributed by atoms with Crippen LogP contribution in [-0.2, 0) is 0 Å². The van der Waals surface area contributed by atoms with E-state index in [0.29, 0.717) is 0 Å². The van der Waals surface area contributed by atoms with Gasteiger partial charge in [0.1, 0.15) is 0 Å². The zero-order valence-electron chi connectivity index (χ0n) is 8.42. The minimum absolute atomic E-state index is 0.151. The van der Waals surface area contributed by atoms with E-state index >= 15 is 0 Å². The summed E-state index contributed by atoms with van der Waals surface area (Å²) in [4.78, 5) is 11.8. The van der Waals surface area contributed by atoms with E-state index in [9.17, 15) is 4.79 Å². The molecule has 1 heteroatoms. The Morgan fingerprint density at radius 1 is 1.23 bits per heavy atom. The maximum absolute atomic E-state index is 11.8. The molecule has 0 bridgehead atoms. The molecule has 1 nitrogen and oxygen atoms in total. The third-order valence-corrected chi connectivity index (χ3v) is 1.94. The van der Waals surface area contributed by atoms with Gasteiger partial charge in [0.05, 0.1) is 0 Å². The van der Waals surface area contributed by atoms with Gasteiger partial charge in [-0.3, -0.25) is 4.79 Å². The molecule has 0 aliphatic rings. The highest BCUT2D eigenvalue weighted by Gasteiger charge is 2.23. The third-order valence-electron chi connectivity index (χ3n) is 1.94. The molecule has 0 saturated heterocycles. The molecule has 1 rings (SSSR count). The lowest BCUT2D eigenvalue weighted by Crippen LogP contribution is -2.20. The van der Waals surface area contributed by atoms with Crippen LogP contribution in [0, 0.1) is 12.3 Å². The fraction of sp³-hybridized carbons (Fsp3) is 0.333. The van der Waals surface area contributed by atoms with Crippen molar-refractivity contribution >= 4 is 5.78 Å². The summed E-state index contributed by atoms with van der Waals surface area (Å²) in [6.45, 7) is 9.59. The van der Waals surface area contributed by atoms with Gasteiger partial charge in [-0.15, -0.1) is 0 Å². The Labute approximate surface area is 79.8 Å². The molecule has 0 amide bonds. The molecule has 0 aromatic heterocycles. The maximum atomic E-state index is 11.8. The van der Waals surface area contributed by atoms with Gasteiger partial charge in [-0.1, -0.05) is 45.0 Å². The SMILES string of the molecule is [CH2]c1ccccc1C(=O)C(C)(C)C. The maximum Gasteiger partial charge on any atom is 0.168 e. The number of rotatable bonds is 1. The summed E-state index contributed by atoms with van der Waals surface area (Å²) < 4.78 is 0. The van der Waals surface area contributed by atoms with Crippen LogP contribution < -0.4 is 0 Å². The topological polar surface area (TPSA) is 17.1 Å². The summed E-state index contributed by atoms with van der Waals surface area (Å²) in [7, 11) is 0. The van der Waals surface area contributed by atoms with E-state index in [1.54, 1.807) is 0 Å². The molecule has 69 valence electrons. The lowest BCUT2D eigenvalue weighted by atomic mass is 9.85. The molecule has 0 aliphatic heterocycles. The van der Waals surface area contributed by atoms with E-state index in [-0.39, 0.29) is 11.2 Å². The Morgan fingerprint density at radius 3 is 2.23 bits per heavy atom. The van der Waals surface area contributed by atoms with E-state index in [1.807, 2.05) is 45.0 Å². The molecule has 1 radical (unpaired) electrons. The number of Topliss-reactive ketones (excluding diaryl/α,β-unsaturated/α-hetero) is 1. The van der Waals surface area contributed by atoms with Gasteiger partial charge in [0.25, 0.3) is 0 Å². The monoisotopic (exact) mass is 175 g/mol. The van der Waals surface area contributed by atoms with Crippen molar-refractivity contribution < 1.29 is 4.79 Å². The minimum atomic E-state index is -0.326. The molecule has 0 fully saturated rings. The summed E-state index contributed by atoms with van der Waals surface area (Å²) >= 11 is 0. The minimum Gasteiger partial charge on any atom is -0.294 e. The molecule has 1 aromatic carbocycles. The van der Waals surface area contributed by atoms with E-state index in [2.05, 4.69) is 6.92 Å². The van der Waals surface area contributed by atoms with Crippen molar-refractivity contribution in [1.82, 2.24) is 0 Å². The average Bonchev–Trinajstić information content (AvgIpc) is 2.02. The van der Waals surface area contributed by atoms with Crippen molar-refractivity contribution in [2.45, 2.75) is 20.8 Å². The standard InChI is InChI=1S/C12H15O/c1-9-7-5-6-8-10(9)11(13)12(2,3)4/h5-8H,1H2,2-4H3. The van der Waals surface area contributed by atoms with E-state index < -0.39 is 0 Å². The highest BCUT2D eigenvalue weighted by molar-refractivity contribution is 6.01. The quantitative estimate of drug-likeness (QED) is 0.599. The van der Waals surface area contributed by atoms with Crippen molar-refractivity contribution in [2.75, 3.05) is 0 Å². The predicted octanol–water partition coefficient (Wildman–Crippen LogP) is 3.10. The number of hydrogen-bond donors (Lipinski definition) is 0. The molecule has 0 unspecified atom stereocenters. The largest absolute Gasteiger partial charge is 0.294 e. The van der Waals surface area contributed by atoms with Gasteiger partial charge in [0.2, 0.25) is 0 Å². The Kier molecular flexibility index (Phi) is 2.55. The van der Waals surface area contributed by atoms with Gasteiger partial charge in [-0.05, 0) is 12.5 Å². The van der Waals surface area contributed by atoms with Crippen LogP contribution in [0.4, 0.5) is 0 Å². The highest BCUT2D eigenvalue weighted by atomic mass is 16.1. The smallest absolute Gasteiger partial charge is 0.168 e. The van der Waals surface area contributed by atoms with Crippen LogP contribution in [-0.4, -0.2) is 5.78 Å². The summed E-state index contributed by atoms with van der Waals surface area (Å²) in [5, 5.41) is 0. The lowest BCUT2D eigenvalue weighted by Gasteiger charge is -2.17. The summed E-state index contributed by atoms with van der Waals surface area (Å²) in [5.41, 5.74) is 1.21. The third kappa shape index (κ3) is 2.18. The highest BCUT2D eigenvalue weighted by Crippen LogP contribution is 2.22. The van der Waals surface area contributed by atoms with Gasteiger partial charge in [0, 0.05) is 11.0 Å². The number of carbonyl (C=O) groups is 1. The summed E-state index contributed by atoms with van der Waals surface area (Å²) in [6.07, 6.45) is 0. The predicted molar refractivity (Wildman–Crippen MR) is 54.7 cm³/mol. The van der Waals surface area contributed by atoms with Crippen LogP contribution in [0.5, 0.6) is 0 Å². The van der Waals surface area contributed by atoms with Crippen LogP contribution in [0.2, 0.25) is 0 Å². The first-order valence-corrected chi connectivity index (χ1v) is 4.39. The van der Waals surface area contributed by atoms with Crippen molar-refractivity contribution in [3.05, 3.63) is 42.3 Å². The van der Waals surface area contributed by atoms with Crippen LogP contribution in [0.1, 0.15) is 36.7 Å². The van der Waals surface area contributed by atoms with E-state index in [0.717, 1.165) is 11.1 Å². The van der Waals surface area contributed by atoms with Gasteiger partial charge in [-0.2, -0.15) is 0 Å². The molecule has 0 heterocycles. The molecule has 0 N–H and O–H groups in total. The number of hydrogen-bond acceptors (Lipinski definition) is 1. The first-order valence-electron chi connectivity index (χ1n) is 4.39. The van der Waals surface area contributed by atoms with Crippen molar-refractivity contribution in [2.24, 2.45) is 5.41 Å². The van der Waals surface area contributed by atoms with Crippen LogP contribution in [0.25, 0.3) is 0 Å². The lowest BCUT2D eigenvalue weighted by molar-refractivity contribution is 0.0858. The summed E-state index contributed by atoms with van der Waals surface area (Å²) in [6, 6.07) is 7.45. The van der Waals surface area contributed by atoms with Gasteiger partial charge < -0.3 is 0 Å². The van der Waals surface area contributed by atoms with Crippen LogP contribution in [0.15, 0.2) is 24.3 Å². The van der Waals surface area contributed by atoms with Gasteiger partial charge >= 0.3 is 0 Å². The van der Waals surface area contributed by atoms with Crippen LogP contribution in [0.3, 0.4) is 0 Å². The second-order valence-electron chi connectivity index (χ2n) is 4.24. The molecule has 0 aliphatic carbocycles. The van der Waals surface area contributed by atoms with Crippen molar-refractivity contribution in [3.63, 3.8) is 0 Å². The molecule has 0 saturated carbocycles. The van der Waals surface area contributed by atoms with Crippen LogP contribution >= 0.6 is 0 Å². The Morgan fingerprint density at radius 2 is 1.77 bits per heavy atom. The molecular formula is C12H15O. The molecular weight excluding hydrogens is 160 g/mol. The zero-order valence-corrected chi connectivity index (χ0v) is 8.42. The van der Waals surface area contributed by atoms with Gasteiger partial charge in [-0.25, -0.2) is 0 Å². The normalized spacial score (nSPS) is 11.4. The fourth-order valence-electron chi connectivity index (χ4n) is 1.15. The van der Waals surface area contributed by atoms with Gasteiger partial charge in [0.15, 0.2) is 5.78 Å². The van der Waals surface area contributed by atoms with E-state index in [4.69, 9.17) is 0 Å². The Balaban J connectivity index is 3.10. The number of ketones is 1. The first-order chi connectivity index (χ1) is 5.93. The molecule has 0 spiro atoms. The van der Waals surface area contributed by atoms with Crippen molar-refractivity contribution in [1.29, 1.82) is 0 Å². The molecule has 13 heavy (non-hydrogen) atoms. The second-order valence-corrected chi connectivity index (χ2v) is 4.24. The average molecular weight is 175 g/mol. The van der Waals surface area contributed by atoms with E-state index in [1.165, 1.54) is 0 Å². The Hall–Kier alpha value is -1.11. The number of carbonyl (C=O) groups excluding carboxylic acids is 1. The zero-order chi connectivity index (χ0) is 10.1. The fourth-order valence-corrected chi connectivity index (χ4v) is 1.15. The first kappa shape index (κ1) is 9.97. The number of benzene rings is 1. The second kappa shape index (κ2) is 3.33. The molecule has 0 atom stereocenters. The Bertz CT molecular complexity index is 318.